The summed E-state index contributed by atoms with van der Waals surface area (Å²) in [7, 11) is 0. The van der Waals surface area contributed by atoms with Crippen molar-refractivity contribution < 1.29 is 9.59 Å². The fourth-order valence-corrected chi connectivity index (χ4v) is 6.22. The van der Waals surface area contributed by atoms with Crippen LogP contribution in [0.1, 0.15) is 41.8 Å². The number of aromatic nitrogens is 2. The minimum absolute atomic E-state index is 0.0970. The van der Waals surface area contributed by atoms with Gasteiger partial charge in [-0.1, -0.05) is 29.5 Å². The zero-order valence-electron chi connectivity index (χ0n) is 18.6. The Hall–Kier alpha value is -2.65. The summed E-state index contributed by atoms with van der Waals surface area (Å²) >= 11 is 2.76. The molecular formula is C23H26N4O3S2. The Morgan fingerprint density at radius 1 is 1.28 bits per heavy atom. The van der Waals surface area contributed by atoms with Gasteiger partial charge in [-0.05, 0) is 64.2 Å². The summed E-state index contributed by atoms with van der Waals surface area (Å²) in [4.78, 5) is 44.9. The molecule has 1 atom stereocenters. The van der Waals surface area contributed by atoms with Gasteiger partial charge in [-0.3, -0.25) is 19.5 Å². The Balaban J connectivity index is 1.81. The molecule has 3 aromatic rings. The Morgan fingerprint density at radius 2 is 2.06 bits per heavy atom. The highest BCUT2D eigenvalue weighted by atomic mass is 32.2. The molecular weight excluding hydrogens is 444 g/mol. The van der Waals surface area contributed by atoms with Crippen molar-refractivity contribution >= 4 is 45.3 Å². The third kappa shape index (κ3) is 4.19. The molecule has 7 nitrogen and oxygen atoms in total. The molecule has 2 N–H and O–H groups in total. The molecule has 32 heavy (non-hydrogen) atoms. The number of aryl methyl sites for hydroxylation is 4. The number of thioether (sulfide) groups is 1. The maximum absolute atomic E-state index is 13.8. The normalized spacial score (nSPS) is 13.8. The number of hydrogen-bond acceptors (Lipinski definition) is 6. The van der Waals surface area contributed by atoms with E-state index in [9.17, 15) is 14.4 Å². The van der Waals surface area contributed by atoms with E-state index in [0.29, 0.717) is 17.1 Å². The average molecular weight is 471 g/mol. The molecule has 3 amide bonds. The third-order valence-corrected chi connectivity index (χ3v) is 7.76. The van der Waals surface area contributed by atoms with Crippen LogP contribution in [0.3, 0.4) is 0 Å². The average Bonchev–Trinajstić information content (AvgIpc) is 3.30. The van der Waals surface area contributed by atoms with Crippen molar-refractivity contribution in [2.45, 2.75) is 57.4 Å². The summed E-state index contributed by atoms with van der Waals surface area (Å²) in [6.45, 7) is 7.89. The van der Waals surface area contributed by atoms with Gasteiger partial charge in [-0.15, -0.1) is 11.3 Å². The van der Waals surface area contributed by atoms with Crippen molar-refractivity contribution in [2.75, 3.05) is 6.54 Å². The number of rotatable bonds is 5. The number of carbonyl (C=O) groups excluding carboxylic acids is 2. The van der Waals surface area contributed by atoms with Gasteiger partial charge in [0.2, 0.25) is 5.91 Å². The third-order valence-electron chi connectivity index (χ3n) is 5.53. The van der Waals surface area contributed by atoms with E-state index >= 15 is 0 Å². The molecule has 1 unspecified atom stereocenters. The molecule has 0 radical (unpaired) electrons. The number of carbonyl (C=O) groups is 2. The van der Waals surface area contributed by atoms with Crippen LogP contribution in [-0.2, 0) is 17.6 Å². The molecule has 0 aliphatic heterocycles. The summed E-state index contributed by atoms with van der Waals surface area (Å²) in [5.41, 5.74) is 3.85. The first-order valence-electron chi connectivity index (χ1n) is 10.7. The highest BCUT2D eigenvalue weighted by Crippen LogP contribution is 2.36. The molecule has 4 rings (SSSR count). The van der Waals surface area contributed by atoms with Crippen molar-refractivity contribution in [1.82, 2.24) is 20.2 Å². The highest BCUT2D eigenvalue weighted by Gasteiger charge is 2.26. The number of nitrogens with one attached hydrogen (secondary N) is 2. The van der Waals surface area contributed by atoms with Crippen LogP contribution in [0.25, 0.3) is 15.9 Å². The smallest absolute Gasteiger partial charge is 0.321 e. The number of fused-ring (bicyclic) bond motifs is 3. The Morgan fingerprint density at radius 3 is 2.78 bits per heavy atom. The lowest BCUT2D eigenvalue weighted by molar-refractivity contribution is -0.119. The number of amides is 3. The van der Waals surface area contributed by atoms with Gasteiger partial charge >= 0.3 is 6.03 Å². The first-order valence-corrected chi connectivity index (χ1v) is 12.4. The fourth-order valence-electron chi connectivity index (χ4n) is 4.00. The SMILES string of the molecule is CCNC(=O)NC(=O)C(C)Sc1nc2sc3c(c2c(=O)n1-c1ccc(C)cc1C)CCC3. The molecule has 0 saturated carbocycles. The predicted octanol–water partition coefficient (Wildman–Crippen LogP) is 3.88. The van der Waals surface area contributed by atoms with Gasteiger partial charge in [0.05, 0.1) is 16.3 Å². The number of hydrogen-bond donors (Lipinski definition) is 2. The van der Waals surface area contributed by atoms with E-state index in [0.717, 1.165) is 46.5 Å². The monoisotopic (exact) mass is 470 g/mol. The molecule has 2 heterocycles. The molecule has 0 spiro atoms. The van der Waals surface area contributed by atoms with Gasteiger partial charge < -0.3 is 5.32 Å². The molecule has 9 heteroatoms. The Kier molecular flexibility index (Phi) is 6.39. The molecule has 1 aromatic carbocycles. The molecule has 1 aliphatic rings. The van der Waals surface area contributed by atoms with Gasteiger partial charge in [-0.25, -0.2) is 9.78 Å². The minimum Gasteiger partial charge on any atom is -0.338 e. The number of thiophene rings is 1. The number of imide groups is 1. The van der Waals surface area contributed by atoms with E-state index in [-0.39, 0.29) is 5.56 Å². The fraction of sp³-hybridized carbons (Fsp3) is 0.391. The lowest BCUT2D eigenvalue weighted by Gasteiger charge is -2.17. The van der Waals surface area contributed by atoms with Crippen molar-refractivity contribution in [3.63, 3.8) is 0 Å². The lowest BCUT2D eigenvalue weighted by Crippen LogP contribution is -2.42. The van der Waals surface area contributed by atoms with Gasteiger partial charge in [0.15, 0.2) is 5.16 Å². The number of benzene rings is 1. The highest BCUT2D eigenvalue weighted by molar-refractivity contribution is 8.00. The van der Waals surface area contributed by atoms with E-state index in [2.05, 4.69) is 10.6 Å². The molecule has 2 aromatic heterocycles. The van der Waals surface area contributed by atoms with Crippen molar-refractivity contribution in [3.8, 4) is 5.69 Å². The molecule has 1 aliphatic carbocycles. The van der Waals surface area contributed by atoms with Crippen molar-refractivity contribution in [2.24, 2.45) is 0 Å². The largest absolute Gasteiger partial charge is 0.338 e. The maximum atomic E-state index is 13.8. The Bertz CT molecular complexity index is 1280. The molecule has 0 saturated heterocycles. The predicted molar refractivity (Wildman–Crippen MR) is 129 cm³/mol. The molecule has 168 valence electrons. The standard InChI is InChI=1S/C23H26N4O3S2/c1-5-24-22(30)25-19(28)14(4)31-23-26-20-18(15-7-6-8-17(15)32-20)21(29)27(23)16-10-9-12(2)11-13(16)3/h9-11,14H,5-8H2,1-4H3,(H2,24,25,28,30). The number of nitrogens with zero attached hydrogens (tertiary/aromatic N) is 2. The zero-order chi connectivity index (χ0) is 23.0. The first-order chi connectivity index (χ1) is 15.3. The summed E-state index contributed by atoms with van der Waals surface area (Å²) < 4.78 is 1.63. The van der Waals surface area contributed by atoms with Crippen molar-refractivity contribution in [1.29, 1.82) is 0 Å². The molecule has 0 fully saturated rings. The van der Waals surface area contributed by atoms with Crippen LogP contribution in [-0.4, -0.2) is 33.3 Å². The van der Waals surface area contributed by atoms with Gasteiger partial charge in [0.25, 0.3) is 5.56 Å². The van der Waals surface area contributed by atoms with Crippen LogP contribution in [0.2, 0.25) is 0 Å². The van der Waals surface area contributed by atoms with Gasteiger partial charge in [-0.2, -0.15) is 0 Å². The zero-order valence-corrected chi connectivity index (χ0v) is 20.2. The lowest BCUT2D eigenvalue weighted by atomic mass is 10.1. The van der Waals surface area contributed by atoms with Crippen LogP contribution in [0.5, 0.6) is 0 Å². The van der Waals surface area contributed by atoms with E-state index in [1.165, 1.54) is 16.6 Å². The van der Waals surface area contributed by atoms with E-state index < -0.39 is 17.2 Å². The maximum Gasteiger partial charge on any atom is 0.321 e. The van der Waals surface area contributed by atoms with E-state index in [1.807, 2.05) is 32.0 Å². The minimum atomic E-state index is -0.620. The topological polar surface area (TPSA) is 93.1 Å². The van der Waals surface area contributed by atoms with Gasteiger partial charge in [0, 0.05) is 11.4 Å². The second kappa shape index (κ2) is 9.07. The van der Waals surface area contributed by atoms with E-state index in [4.69, 9.17) is 4.98 Å². The second-order valence-electron chi connectivity index (χ2n) is 7.97. The van der Waals surface area contributed by atoms with Crippen LogP contribution in [0, 0.1) is 13.8 Å². The second-order valence-corrected chi connectivity index (χ2v) is 10.4. The summed E-state index contributed by atoms with van der Waals surface area (Å²) in [5.74, 6) is -0.434. The summed E-state index contributed by atoms with van der Waals surface area (Å²) in [6, 6.07) is 5.39. The Labute approximate surface area is 194 Å². The summed E-state index contributed by atoms with van der Waals surface area (Å²) in [6.07, 6.45) is 2.94. The van der Waals surface area contributed by atoms with Crippen LogP contribution >= 0.6 is 23.1 Å². The van der Waals surface area contributed by atoms with Crippen LogP contribution in [0.4, 0.5) is 4.79 Å². The number of urea groups is 1. The van der Waals surface area contributed by atoms with Crippen LogP contribution in [0.15, 0.2) is 28.2 Å². The van der Waals surface area contributed by atoms with Gasteiger partial charge in [0.1, 0.15) is 4.83 Å². The molecule has 0 bridgehead atoms. The quantitative estimate of drug-likeness (QED) is 0.436. The first kappa shape index (κ1) is 22.5. The van der Waals surface area contributed by atoms with Crippen LogP contribution < -0.4 is 16.2 Å². The summed E-state index contributed by atoms with van der Waals surface area (Å²) in [5, 5.41) is 5.42. The van der Waals surface area contributed by atoms with Crippen molar-refractivity contribution in [3.05, 3.63) is 50.1 Å². The van der Waals surface area contributed by atoms with E-state index in [1.54, 1.807) is 29.8 Å².